The number of aromatic nitrogens is 2. The number of imidazole rings is 1. The fraction of sp³-hybridized carbons (Fsp3) is 0.250. The summed E-state index contributed by atoms with van der Waals surface area (Å²) in [7, 11) is 1.95. The van der Waals surface area contributed by atoms with Gasteiger partial charge in [-0.3, -0.25) is 9.59 Å². The zero-order valence-electron chi connectivity index (χ0n) is 14.7. The van der Waals surface area contributed by atoms with E-state index in [2.05, 4.69) is 15.6 Å². The minimum atomic E-state index is -0.227. The quantitative estimate of drug-likeness (QED) is 0.761. The van der Waals surface area contributed by atoms with Crippen LogP contribution in [0.4, 0.5) is 5.69 Å². The predicted molar refractivity (Wildman–Crippen MR) is 100 cm³/mol. The SMILES string of the molecule is Cc1nc2cc(C(=O)Nc3cccc(C(=O)NC4CC4)c3)ccc2n1C. The number of benzene rings is 2. The van der Waals surface area contributed by atoms with Gasteiger partial charge in [0.05, 0.1) is 11.0 Å². The molecule has 26 heavy (non-hydrogen) atoms. The second-order valence-corrected chi connectivity index (χ2v) is 6.70. The van der Waals surface area contributed by atoms with Crippen LogP contribution in [0.3, 0.4) is 0 Å². The van der Waals surface area contributed by atoms with E-state index in [1.807, 2.05) is 24.6 Å². The van der Waals surface area contributed by atoms with Crippen LogP contribution in [-0.2, 0) is 7.05 Å². The third kappa shape index (κ3) is 3.18. The molecule has 2 amide bonds. The van der Waals surface area contributed by atoms with E-state index in [1.165, 1.54) is 0 Å². The van der Waals surface area contributed by atoms with Gasteiger partial charge < -0.3 is 15.2 Å². The van der Waals surface area contributed by atoms with Crippen LogP contribution in [0.2, 0.25) is 0 Å². The highest BCUT2D eigenvalue weighted by Gasteiger charge is 2.23. The molecule has 0 atom stereocenters. The van der Waals surface area contributed by atoms with Gasteiger partial charge >= 0.3 is 0 Å². The summed E-state index contributed by atoms with van der Waals surface area (Å²) in [6, 6.07) is 12.7. The van der Waals surface area contributed by atoms with E-state index in [4.69, 9.17) is 0 Å². The number of aryl methyl sites for hydroxylation is 2. The van der Waals surface area contributed by atoms with Gasteiger partial charge in [-0.2, -0.15) is 0 Å². The van der Waals surface area contributed by atoms with Crippen molar-refractivity contribution in [3.8, 4) is 0 Å². The molecular formula is C20H20N4O2. The molecule has 0 aliphatic heterocycles. The maximum atomic E-state index is 12.6. The highest BCUT2D eigenvalue weighted by atomic mass is 16.2. The van der Waals surface area contributed by atoms with Gasteiger partial charge in [-0.25, -0.2) is 4.98 Å². The largest absolute Gasteiger partial charge is 0.349 e. The number of carbonyl (C=O) groups is 2. The van der Waals surface area contributed by atoms with E-state index in [1.54, 1.807) is 36.4 Å². The first kappa shape index (κ1) is 16.3. The maximum Gasteiger partial charge on any atom is 0.255 e. The lowest BCUT2D eigenvalue weighted by Gasteiger charge is -2.08. The maximum absolute atomic E-state index is 12.6. The van der Waals surface area contributed by atoms with Crippen molar-refractivity contribution in [3.05, 3.63) is 59.4 Å². The fourth-order valence-corrected chi connectivity index (χ4v) is 2.90. The smallest absolute Gasteiger partial charge is 0.255 e. The third-order valence-electron chi connectivity index (χ3n) is 4.66. The van der Waals surface area contributed by atoms with Gasteiger partial charge in [-0.05, 0) is 56.2 Å². The summed E-state index contributed by atoms with van der Waals surface area (Å²) in [5.74, 6) is 0.566. The Morgan fingerprint density at radius 1 is 1.08 bits per heavy atom. The molecule has 6 nitrogen and oxygen atoms in total. The van der Waals surface area contributed by atoms with E-state index in [0.29, 0.717) is 22.9 Å². The van der Waals surface area contributed by atoms with Crippen LogP contribution in [0.25, 0.3) is 11.0 Å². The minimum Gasteiger partial charge on any atom is -0.349 e. The lowest BCUT2D eigenvalue weighted by Crippen LogP contribution is -2.25. The van der Waals surface area contributed by atoms with Gasteiger partial charge in [0, 0.05) is 29.9 Å². The lowest BCUT2D eigenvalue weighted by atomic mass is 10.1. The van der Waals surface area contributed by atoms with Crippen molar-refractivity contribution < 1.29 is 9.59 Å². The van der Waals surface area contributed by atoms with Gasteiger partial charge in [0.1, 0.15) is 5.82 Å². The average molecular weight is 348 g/mol. The van der Waals surface area contributed by atoms with Crippen molar-refractivity contribution in [3.63, 3.8) is 0 Å². The first-order valence-electron chi connectivity index (χ1n) is 8.66. The number of nitrogens with zero attached hydrogens (tertiary/aromatic N) is 2. The number of amides is 2. The summed E-state index contributed by atoms with van der Waals surface area (Å²) in [6.07, 6.45) is 2.08. The summed E-state index contributed by atoms with van der Waals surface area (Å²) < 4.78 is 1.99. The van der Waals surface area contributed by atoms with Crippen molar-refractivity contribution >= 4 is 28.5 Å². The zero-order valence-corrected chi connectivity index (χ0v) is 14.7. The molecule has 3 aromatic rings. The van der Waals surface area contributed by atoms with Gasteiger partial charge in [0.25, 0.3) is 11.8 Å². The van der Waals surface area contributed by atoms with E-state index in [0.717, 1.165) is 29.7 Å². The van der Waals surface area contributed by atoms with Crippen LogP contribution in [-0.4, -0.2) is 27.4 Å². The predicted octanol–water partition coefficient (Wildman–Crippen LogP) is 3.03. The van der Waals surface area contributed by atoms with Crippen LogP contribution < -0.4 is 10.6 Å². The Morgan fingerprint density at radius 2 is 1.85 bits per heavy atom. The molecule has 132 valence electrons. The molecule has 0 saturated heterocycles. The molecule has 1 fully saturated rings. The Hall–Kier alpha value is -3.15. The molecule has 2 aromatic carbocycles. The van der Waals surface area contributed by atoms with Crippen molar-refractivity contribution in [2.45, 2.75) is 25.8 Å². The van der Waals surface area contributed by atoms with Crippen molar-refractivity contribution in [1.29, 1.82) is 0 Å². The second kappa shape index (κ2) is 6.29. The first-order valence-corrected chi connectivity index (χ1v) is 8.66. The van der Waals surface area contributed by atoms with Crippen LogP contribution in [0, 0.1) is 6.92 Å². The molecule has 1 aliphatic rings. The summed E-state index contributed by atoms with van der Waals surface area (Å²) >= 11 is 0. The summed E-state index contributed by atoms with van der Waals surface area (Å²) in [5, 5.41) is 5.80. The van der Waals surface area contributed by atoms with Gasteiger partial charge in [-0.15, -0.1) is 0 Å². The molecule has 0 unspecified atom stereocenters. The number of anilines is 1. The van der Waals surface area contributed by atoms with Crippen molar-refractivity contribution in [1.82, 2.24) is 14.9 Å². The molecule has 0 bridgehead atoms. The van der Waals surface area contributed by atoms with Crippen LogP contribution >= 0.6 is 0 Å². The molecule has 4 rings (SSSR count). The van der Waals surface area contributed by atoms with Gasteiger partial charge in [-0.1, -0.05) is 6.07 Å². The van der Waals surface area contributed by atoms with Crippen LogP contribution in [0.5, 0.6) is 0 Å². The normalized spacial score (nSPS) is 13.6. The van der Waals surface area contributed by atoms with E-state index in [9.17, 15) is 9.59 Å². The standard InChI is InChI=1S/C20H20N4O2/c1-12-21-17-11-14(6-9-18(17)24(12)2)20(26)23-16-5-3-4-13(10-16)19(25)22-15-7-8-15/h3-6,9-11,15H,7-8H2,1-2H3,(H,22,25)(H,23,26). The first-order chi connectivity index (χ1) is 12.5. The number of fused-ring (bicyclic) bond motifs is 1. The summed E-state index contributed by atoms with van der Waals surface area (Å²) in [5.41, 5.74) is 3.44. The molecule has 2 N–H and O–H groups in total. The Bertz CT molecular complexity index is 1020. The van der Waals surface area contributed by atoms with E-state index in [-0.39, 0.29) is 11.8 Å². The Kier molecular flexibility index (Phi) is 3.95. The highest BCUT2D eigenvalue weighted by molar-refractivity contribution is 6.06. The van der Waals surface area contributed by atoms with Crippen molar-refractivity contribution in [2.75, 3.05) is 5.32 Å². The monoisotopic (exact) mass is 348 g/mol. The fourth-order valence-electron chi connectivity index (χ4n) is 2.90. The summed E-state index contributed by atoms with van der Waals surface area (Å²) in [4.78, 5) is 29.2. The second-order valence-electron chi connectivity index (χ2n) is 6.70. The third-order valence-corrected chi connectivity index (χ3v) is 4.66. The number of rotatable bonds is 4. The van der Waals surface area contributed by atoms with Crippen LogP contribution in [0.1, 0.15) is 39.4 Å². The molecule has 1 saturated carbocycles. The lowest BCUT2D eigenvalue weighted by molar-refractivity contribution is 0.0949. The Balaban J connectivity index is 1.53. The Morgan fingerprint density at radius 3 is 2.62 bits per heavy atom. The molecule has 0 radical (unpaired) electrons. The molecule has 1 aliphatic carbocycles. The summed E-state index contributed by atoms with van der Waals surface area (Å²) in [6.45, 7) is 1.93. The molecule has 1 aromatic heterocycles. The van der Waals surface area contributed by atoms with Gasteiger partial charge in [0.2, 0.25) is 0 Å². The highest BCUT2D eigenvalue weighted by Crippen LogP contribution is 2.21. The number of nitrogens with one attached hydrogen (secondary N) is 2. The van der Waals surface area contributed by atoms with E-state index < -0.39 is 0 Å². The zero-order chi connectivity index (χ0) is 18.3. The van der Waals surface area contributed by atoms with E-state index >= 15 is 0 Å². The number of hydrogen-bond acceptors (Lipinski definition) is 3. The molecule has 0 spiro atoms. The van der Waals surface area contributed by atoms with Crippen LogP contribution in [0.15, 0.2) is 42.5 Å². The number of hydrogen-bond donors (Lipinski definition) is 2. The Labute approximate surface area is 151 Å². The average Bonchev–Trinajstić information content (AvgIpc) is 3.40. The number of carbonyl (C=O) groups excluding carboxylic acids is 2. The molecule has 1 heterocycles. The topological polar surface area (TPSA) is 76.0 Å². The molecule has 6 heteroatoms. The minimum absolute atomic E-state index is 0.103. The van der Waals surface area contributed by atoms with Gasteiger partial charge in [0.15, 0.2) is 0 Å². The molecular weight excluding hydrogens is 328 g/mol. The van der Waals surface area contributed by atoms with Crippen molar-refractivity contribution in [2.24, 2.45) is 7.05 Å².